The number of furan rings is 1. The van der Waals surface area contributed by atoms with Crippen LogP contribution in [0.1, 0.15) is 11.1 Å². The van der Waals surface area contributed by atoms with Gasteiger partial charge in [0.1, 0.15) is 11.2 Å². The van der Waals surface area contributed by atoms with Gasteiger partial charge in [0.15, 0.2) is 0 Å². The molecule has 0 aliphatic heterocycles. The van der Waals surface area contributed by atoms with E-state index < -0.39 is 0 Å². The standard InChI is InChI=1S/C57H36O/c1-4-20-41-36(16-1)19-15-30-46(41)52-34-40(35-53-47-25-13-14-31-54(47)58-57(52)53)55-48-26-9-11-28-50(48)56(51-29-12-10-27-49(51)55)44-23-6-3-18-38(44)33-39-32-37-17-2-5-21-42(37)45-24-8-7-22-43(39)45/h1-32,34-35H,33H2. The van der Waals surface area contributed by atoms with Crippen LogP contribution in [0.5, 0.6) is 0 Å². The lowest BCUT2D eigenvalue weighted by Gasteiger charge is -2.20. The van der Waals surface area contributed by atoms with Crippen molar-refractivity contribution in [2.45, 2.75) is 6.42 Å². The summed E-state index contributed by atoms with van der Waals surface area (Å²) in [5.74, 6) is 0. The second-order valence-electron chi connectivity index (χ2n) is 15.5. The average Bonchev–Trinajstić information content (AvgIpc) is 3.67. The van der Waals surface area contributed by atoms with Crippen LogP contribution in [-0.2, 0) is 6.42 Å². The molecule has 0 fully saturated rings. The predicted molar refractivity (Wildman–Crippen MR) is 247 cm³/mol. The summed E-state index contributed by atoms with van der Waals surface area (Å²) in [5.41, 5.74) is 11.7. The van der Waals surface area contributed by atoms with Crippen LogP contribution >= 0.6 is 0 Å². The zero-order valence-corrected chi connectivity index (χ0v) is 31.7. The molecule has 0 radical (unpaired) electrons. The predicted octanol–water partition coefficient (Wildman–Crippen LogP) is 15.9. The van der Waals surface area contributed by atoms with Crippen molar-refractivity contribution < 1.29 is 4.42 Å². The van der Waals surface area contributed by atoms with Gasteiger partial charge >= 0.3 is 0 Å². The SMILES string of the molecule is c1ccc(-c2c3ccccc3c(-c3cc(-c4cccc5ccccc45)c4oc5ccccc5c4c3)c3ccccc23)c(Cc2cc3ccccc3c3ccccc23)c1. The van der Waals surface area contributed by atoms with Crippen molar-refractivity contribution in [1.29, 1.82) is 0 Å². The molecular formula is C57H36O. The van der Waals surface area contributed by atoms with Gasteiger partial charge < -0.3 is 4.42 Å². The molecule has 0 amide bonds. The molecule has 0 saturated carbocycles. The highest BCUT2D eigenvalue weighted by molar-refractivity contribution is 6.23. The van der Waals surface area contributed by atoms with Crippen molar-refractivity contribution in [3.8, 4) is 33.4 Å². The third-order valence-electron chi connectivity index (χ3n) is 12.3. The number of para-hydroxylation sites is 1. The molecule has 0 unspecified atom stereocenters. The maximum Gasteiger partial charge on any atom is 0.143 e. The minimum Gasteiger partial charge on any atom is -0.455 e. The number of hydrogen-bond acceptors (Lipinski definition) is 1. The Morgan fingerprint density at radius 3 is 1.59 bits per heavy atom. The van der Waals surface area contributed by atoms with Gasteiger partial charge in [0, 0.05) is 16.3 Å². The van der Waals surface area contributed by atoms with Crippen molar-refractivity contribution in [2.24, 2.45) is 0 Å². The lowest BCUT2D eigenvalue weighted by atomic mass is 9.83. The Labute approximate surface area is 336 Å². The van der Waals surface area contributed by atoms with Crippen LogP contribution in [0.3, 0.4) is 0 Å². The van der Waals surface area contributed by atoms with Crippen molar-refractivity contribution in [3.05, 3.63) is 217 Å². The number of rotatable bonds is 5. The molecule has 12 aromatic rings. The summed E-state index contributed by atoms with van der Waals surface area (Å²) >= 11 is 0. The first kappa shape index (κ1) is 32.7. The van der Waals surface area contributed by atoms with Gasteiger partial charge in [0.05, 0.1) is 0 Å². The minimum atomic E-state index is 0.824. The number of benzene rings is 11. The van der Waals surface area contributed by atoms with Gasteiger partial charge in [-0.15, -0.1) is 0 Å². The molecule has 1 heterocycles. The van der Waals surface area contributed by atoms with E-state index in [0.717, 1.165) is 33.9 Å². The van der Waals surface area contributed by atoms with Gasteiger partial charge in [0.2, 0.25) is 0 Å². The zero-order chi connectivity index (χ0) is 38.2. The molecule has 1 nitrogen and oxygen atoms in total. The molecule has 0 bridgehead atoms. The van der Waals surface area contributed by atoms with E-state index in [0.29, 0.717) is 0 Å². The summed E-state index contributed by atoms with van der Waals surface area (Å²) in [7, 11) is 0. The van der Waals surface area contributed by atoms with Gasteiger partial charge in [-0.05, 0) is 117 Å². The third-order valence-corrected chi connectivity index (χ3v) is 12.3. The van der Waals surface area contributed by atoms with Crippen LogP contribution < -0.4 is 0 Å². The van der Waals surface area contributed by atoms with E-state index >= 15 is 0 Å². The van der Waals surface area contributed by atoms with Gasteiger partial charge in [-0.1, -0.05) is 188 Å². The van der Waals surface area contributed by atoms with Crippen LogP contribution in [0.2, 0.25) is 0 Å². The molecule has 0 aliphatic rings. The summed E-state index contributed by atoms with van der Waals surface area (Å²) in [6.45, 7) is 0. The second-order valence-corrected chi connectivity index (χ2v) is 15.5. The first-order valence-corrected chi connectivity index (χ1v) is 20.1. The molecular weight excluding hydrogens is 701 g/mol. The highest BCUT2D eigenvalue weighted by atomic mass is 16.3. The van der Waals surface area contributed by atoms with Crippen LogP contribution in [0.25, 0.3) is 109 Å². The van der Waals surface area contributed by atoms with Gasteiger partial charge in [-0.25, -0.2) is 0 Å². The third kappa shape index (κ3) is 5.03. The Hall–Kier alpha value is -7.48. The number of fused-ring (bicyclic) bond motifs is 9. The lowest BCUT2D eigenvalue weighted by molar-refractivity contribution is 0.670. The highest BCUT2D eigenvalue weighted by Gasteiger charge is 2.22. The van der Waals surface area contributed by atoms with E-state index in [-0.39, 0.29) is 0 Å². The fourth-order valence-corrected chi connectivity index (χ4v) is 9.76. The largest absolute Gasteiger partial charge is 0.455 e. The Morgan fingerprint density at radius 1 is 0.293 bits per heavy atom. The molecule has 11 aromatic carbocycles. The topological polar surface area (TPSA) is 13.1 Å². The number of hydrogen-bond donors (Lipinski definition) is 0. The van der Waals surface area contributed by atoms with Crippen molar-refractivity contribution in [2.75, 3.05) is 0 Å². The minimum absolute atomic E-state index is 0.824. The Morgan fingerprint density at radius 2 is 0.828 bits per heavy atom. The van der Waals surface area contributed by atoms with Crippen LogP contribution in [0, 0.1) is 0 Å². The molecule has 12 rings (SSSR count). The summed E-state index contributed by atoms with van der Waals surface area (Å²) in [4.78, 5) is 0. The molecule has 0 spiro atoms. The highest BCUT2D eigenvalue weighted by Crippen LogP contribution is 2.48. The van der Waals surface area contributed by atoms with E-state index in [2.05, 4.69) is 206 Å². The molecule has 1 heteroatoms. The first-order chi connectivity index (χ1) is 28.8. The molecule has 0 N–H and O–H groups in total. The lowest BCUT2D eigenvalue weighted by Crippen LogP contribution is -1.97. The van der Waals surface area contributed by atoms with E-state index in [1.807, 2.05) is 0 Å². The van der Waals surface area contributed by atoms with Gasteiger partial charge in [-0.2, -0.15) is 0 Å². The van der Waals surface area contributed by atoms with E-state index in [9.17, 15) is 0 Å². The quantitative estimate of drug-likeness (QED) is 0.127. The van der Waals surface area contributed by atoms with Crippen molar-refractivity contribution in [3.63, 3.8) is 0 Å². The molecule has 1 aromatic heterocycles. The van der Waals surface area contributed by atoms with E-state index in [1.54, 1.807) is 0 Å². The van der Waals surface area contributed by atoms with Crippen LogP contribution in [0.15, 0.2) is 211 Å². The zero-order valence-electron chi connectivity index (χ0n) is 31.7. The van der Waals surface area contributed by atoms with Crippen LogP contribution in [-0.4, -0.2) is 0 Å². The fourth-order valence-electron chi connectivity index (χ4n) is 9.76. The summed E-state index contributed by atoms with van der Waals surface area (Å²) in [6.07, 6.45) is 0.824. The Bertz CT molecular complexity index is 3540. The fraction of sp³-hybridized carbons (Fsp3) is 0.0175. The summed E-state index contributed by atoms with van der Waals surface area (Å²) in [5, 5.41) is 14.8. The normalized spacial score (nSPS) is 11.9. The first-order valence-electron chi connectivity index (χ1n) is 20.1. The van der Waals surface area contributed by atoms with Crippen molar-refractivity contribution >= 4 is 75.8 Å². The van der Waals surface area contributed by atoms with Gasteiger partial charge in [-0.3, -0.25) is 0 Å². The summed E-state index contributed by atoms with van der Waals surface area (Å²) < 4.78 is 6.74. The molecule has 0 saturated heterocycles. The average molecular weight is 737 g/mol. The maximum atomic E-state index is 6.74. The van der Waals surface area contributed by atoms with E-state index in [1.165, 1.54) is 92.8 Å². The van der Waals surface area contributed by atoms with Crippen LogP contribution in [0.4, 0.5) is 0 Å². The molecule has 0 aliphatic carbocycles. The second kappa shape index (κ2) is 13.0. The monoisotopic (exact) mass is 736 g/mol. The molecule has 270 valence electrons. The maximum absolute atomic E-state index is 6.74. The van der Waals surface area contributed by atoms with Gasteiger partial charge in [0.25, 0.3) is 0 Å². The van der Waals surface area contributed by atoms with E-state index in [4.69, 9.17) is 4.42 Å². The Kier molecular flexibility index (Phi) is 7.36. The van der Waals surface area contributed by atoms with Crippen molar-refractivity contribution in [1.82, 2.24) is 0 Å². The molecule has 0 atom stereocenters. The smallest absolute Gasteiger partial charge is 0.143 e. The molecule has 58 heavy (non-hydrogen) atoms. The summed E-state index contributed by atoms with van der Waals surface area (Å²) in [6, 6.07) is 75.6. The Balaban J connectivity index is 1.13.